The van der Waals surface area contributed by atoms with E-state index in [1.807, 2.05) is 17.9 Å². The van der Waals surface area contributed by atoms with Gasteiger partial charge in [-0.1, -0.05) is 17.7 Å². The van der Waals surface area contributed by atoms with Crippen molar-refractivity contribution in [3.63, 3.8) is 0 Å². The molecule has 0 spiro atoms. The van der Waals surface area contributed by atoms with Crippen molar-refractivity contribution in [2.45, 2.75) is 27.2 Å². The highest BCUT2D eigenvalue weighted by atomic mass is 32.2. The lowest BCUT2D eigenvalue weighted by Crippen LogP contribution is -2.49. The summed E-state index contributed by atoms with van der Waals surface area (Å²) >= 11 is 0. The van der Waals surface area contributed by atoms with Gasteiger partial charge in [-0.2, -0.15) is 0 Å². The third-order valence-corrected chi connectivity index (χ3v) is 7.96. The molecule has 0 aliphatic carbocycles. The minimum absolute atomic E-state index is 0.0172. The van der Waals surface area contributed by atoms with Crippen molar-refractivity contribution in [3.8, 4) is 0 Å². The standard InChI is InChI=1S/C23H29N3O3S/c1-17-5-8-22(19(3)15-17)24-10-12-25(13-11-24)23(27)21-7-6-20(16-18(21)2)26-9-4-14-30(26,28)29/h5-8,15-16H,4,9-14H2,1-3H3. The van der Waals surface area contributed by atoms with E-state index in [4.69, 9.17) is 0 Å². The Labute approximate surface area is 179 Å². The molecule has 2 saturated heterocycles. The Morgan fingerprint density at radius 2 is 1.60 bits per heavy atom. The molecule has 0 saturated carbocycles. The van der Waals surface area contributed by atoms with Crippen LogP contribution in [0.1, 0.15) is 33.5 Å². The van der Waals surface area contributed by atoms with E-state index in [0.29, 0.717) is 37.3 Å². The fourth-order valence-corrected chi connectivity index (χ4v) is 6.01. The molecule has 0 atom stereocenters. The van der Waals surface area contributed by atoms with E-state index in [-0.39, 0.29) is 11.7 Å². The van der Waals surface area contributed by atoms with Crippen molar-refractivity contribution in [2.75, 3.05) is 47.7 Å². The zero-order valence-electron chi connectivity index (χ0n) is 17.9. The number of carbonyl (C=O) groups excluding carboxylic acids is 1. The lowest BCUT2D eigenvalue weighted by atomic mass is 10.1. The van der Waals surface area contributed by atoms with Crippen molar-refractivity contribution in [1.82, 2.24) is 4.90 Å². The van der Waals surface area contributed by atoms with Gasteiger partial charge in [-0.25, -0.2) is 8.42 Å². The summed E-state index contributed by atoms with van der Waals surface area (Å²) in [6, 6.07) is 11.8. The summed E-state index contributed by atoms with van der Waals surface area (Å²) in [5.74, 6) is 0.209. The summed E-state index contributed by atoms with van der Waals surface area (Å²) in [5.41, 5.74) is 5.87. The van der Waals surface area contributed by atoms with Gasteiger partial charge in [-0.3, -0.25) is 9.10 Å². The third kappa shape index (κ3) is 3.90. The second-order valence-electron chi connectivity index (χ2n) is 8.31. The van der Waals surface area contributed by atoms with E-state index in [2.05, 4.69) is 36.9 Å². The molecule has 1 amide bonds. The van der Waals surface area contributed by atoms with E-state index in [1.54, 1.807) is 12.1 Å². The van der Waals surface area contributed by atoms with Gasteiger partial charge in [0, 0.05) is 44.0 Å². The van der Waals surface area contributed by atoms with Crippen LogP contribution < -0.4 is 9.21 Å². The highest BCUT2D eigenvalue weighted by Gasteiger charge is 2.29. The largest absolute Gasteiger partial charge is 0.368 e. The van der Waals surface area contributed by atoms with Gasteiger partial charge in [0.15, 0.2) is 0 Å². The topological polar surface area (TPSA) is 60.9 Å². The fourth-order valence-electron chi connectivity index (χ4n) is 4.45. The molecule has 2 aliphatic heterocycles. The maximum atomic E-state index is 13.1. The second kappa shape index (κ2) is 7.95. The first-order valence-electron chi connectivity index (χ1n) is 10.5. The van der Waals surface area contributed by atoms with Gasteiger partial charge in [-0.05, 0) is 62.6 Å². The van der Waals surface area contributed by atoms with Gasteiger partial charge < -0.3 is 9.80 Å². The number of piperazine rings is 1. The van der Waals surface area contributed by atoms with Crippen LogP contribution in [0, 0.1) is 20.8 Å². The molecule has 0 bridgehead atoms. The predicted molar refractivity (Wildman–Crippen MR) is 121 cm³/mol. The molecular weight excluding hydrogens is 398 g/mol. The number of aryl methyl sites for hydroxylation is 3. The molecule has 30 heavy (non-hydrogen) atoms. The van der Waals surface area contributed by atoms with Crippen LogP contribution in [0.5, 0.6) is 0 Å². The molecule has 0 N–H and O–H groups in total. The number of amides is 1. The van der Waals surface area contributed by atoms with Gasteiger partial charge in [0.1, 0.15) is 0 Å². The summed E-state index contributed by atoms with van der Waals surface area (Å²) in [6.45, 7) is 9.57. The lowest BCUT2D eigenvalue weighted by Gasteiger charge is -2.37. The average molecular weight is 428 g/mol. The number of nitrogens with zero attached hydrogens (tertiary/aromatic N) is 3. The maximum absolute atomic E-state index is 13.1. The van der Waals surface area contributed by atoms with E-state index in [0.717, 1.165) is 18.7 Å². The number of hydrogen-bond acceptors (Lipinski definition) is 4. The van der Waals surface area contributed by atoms with Crippen LogP contribution in [0.3, 0.4) is 0 Å². The van der Waals surface area contributed by atoms with Crippen LogP contribution in [-0.4, -0.2) is 57.7 Å². The highest BCUT2D eigenvalue weighted by molar-refractivity contribution is 7.93. The predicted octanol–water partition coefficient (Wildman–Crippen LogP) is 3.11. The molecule has 2 fully saturated rings. The second-order valence-corrected chi connectivity index (χ2v) is 10.3. The number of benzene rings is 2. The van der Waals surface area contributed by atoms with Gasteiger partial charge in [0.25, 0.3) is 5.91 Å². The number of sulfonamides is 1. The Morgan fingerprint density at radius 3 is 2.20 bits per heavy atom. The Hall–Kier alpha value is -2.54. The quantitative estimate of drug-likeness (QED) is 0.755. The molecule has 2 aliphatic rings. The van der Waals surface area contributed by atoms with Crippen LogP contribution in [0.2, 0.25) is 0 Å². The Kier molecular flexibility index (Phi) is 5.49. The number of rotatable bonds is 3. The van der Waals surface area contributed by atoms with E-state index in [9.17, 15) is 13.2 Å². The Morgan fingerprint density at radius 1 is 0.867 bits per heavy atom. The maximum Gasteiger partial charge on any atom is 0.254 e. The zero-order valence-corrected chi connectivity index (χ0v) is 18.7. The first-order chi connectivity index (χ1) is 14.3. The molecule has 0 radical (unpaired) electrons. The molecule has 2 aromatic carbocycles. The minimum atomic E-state index is -3.22. The zero-order chi connectivity index (χ0) is 21.5. The molecule has 6 nitrogen and oxygen atoms in total. The molecule has 160 valence electrons. The van der Waals surface area contributed by atoms with Crippen molar-refractivity contribution < 1.29 is 13.2 Å². The number of carbonyl (C=O) groups is 1. The molecule has 4 rings (SSSR count). The van der Waals surface area contributed by atoms with Crippen molar-refractivity contribution in [2.24, 2.45) is 0 Å². The van der Waals surface area contributed by atoms with Crippen molar-refractivity contribution in [1.29, 1.82) is 0 Å². The summed E-state index contributed by atoms with van der Waals surface area (Å²) in [4.78, 5) is 17.3. The van der Waals surface area contributed by atoms with E-state index in [1.165, 1.54) is 21.1 Å². The van der Waals surface area contributed by atoms with E-state index < -0.39 is 10.0 Å². The van der Waals surface area contributed by atoms with Gasteiger partial charge in [0.05, 0.1) is 11.4 Å². The molecule has 0 aromatic heterocycles. The normalized spacial score (nSPS) is 18.7. The minimum Gasteiger partial charge on any atom is -0.368 e. The summed E-state index contributed by atoms with van der Waals surface area (Å²) < 4.78 is 25.8. The summed E-state index contributed by atoms with van der Waals surface area (Å²) in [5, 5.41) is 0. The Balaban J connectivity index is 1.45. The number of hydrogen-bond donors (Lipinski definition) is 0. The SMILES string of the molecule is Cc1ccc(N2CCN(C(=O)c3ccc(N4CCCS4(=O)=O)cc3C)CC2)c(C)c1. The lowest BCUT2D eigenvalue weighted by molar-refractivity contribution is 0.0746. The van der Waals surface area contributed by atoms with Crippen LogP contribution >= 0.6 is 0 Å². The first-order valence-corrected chi connectivity index (χ1v) is 12.1. The van der Waals surface area contributed by atoms with Crippen LogP contribution in [0.15, 0.2) is 36.4 Å². The average Bonchev–Trinajstić information content (AvgIpc) is 3.06. The molecule has 0 unspecified atom stereocenters. The Bertz CT molecular complexity index is 1070. The summed E-state index contributed by atoms with van der Waals surface area (Å²) in [6.07, 6.45) is 0.646. The van der Waals surface area contributed by atoms with Crippen molar-refractivity contribution >= 4 is 27.3 Å². The summed E-state index contributed by atoms with van der Waals surface area (Å²) in [7, 11) is -3.22. The van der Waals surface area contributed by atoms with Crippen LogP contribution in [0.4, 0.5) is 11.4 Å². The molecule has 7 heteroatoms. The van der Waals surface area contributed by atoms with Gasteiger partial charge in [-0.15, -0.1) is 0 Å². The van der Waals surface area contributed by atoms with Gasteiger partial charge in [0.2, 0.25) is 10.0 Å². The highest BCUT2D eigenvalue weighted by Crippen LogP contribution is 2.27. The van der Waals surface area contributed by atoms with Crippen LogP contribution in [-0.2, 0) is 10.0 Å². The monoisotopic (exact) mass is 427 g/mol. The third-order valence-electron chi connectivity index (χ3n) is 6.09. The van der Waals surface area contributed by atoms with E-state index >= 15 is 0 Å². The molecule has 2 heterocycles. The van der Waals surface area contributed by atoms with Crippen LogP contribution in [0.25, 0.3) is 0 Å². The molecule has 2 aromatic rings. The fraction of sp³-hybridized carbons (Fsp3) is 0.435. The van der Waals surface area contributed by atoms with Crippen molar-refractivity contribution in [3.05, 3.63) is 58.7 Å². The number of anilines is 2. The smallest absolute Gasteiger partial charge is 0.254 e. The first kappa shape index (κ1) is 20.7. The van der Waals surface area contributed by atoms with Gasteiger partial charge >= 0.3 is 0 Å². The molecular formula is C23H29N3O3S.